The fourth-order valence-electron chi connectivity index (χ4n) is 3.99. The Labute approximate surface area is 182 Å². The van der Waals surface area contributed by atoms with Crippen molar-refractivity contribution in [3.8, 4) is 0 Å². The zero-order valence-corrected chi connectivity index (χ0v) is 17.7. The number of hydrogen-bond donors (Lipinski definition) is 2. The number of rotatable bonds is 6. The highest BCUT2D eigenvalue weighted by molar-refractivity contribution is 5.96. The van der Waals surface area contributed by atoms with Crippen molar-refractivity contribution in [2.24, 2.45) is 0 Å². The van der Waals surface area contributed by atoms with Gasteiger partial charge in [0.2, 0.25) is 0 Å². The van der Waals surface area contributed by atoms with Gasteiger partial charge in [0.05, 0.1) is 35.4 Å². The fourth-order valence-corrected chi connectivity index (χ4v) is 3.99. The molecule has 2 aromatic heterocycles. The molecular formula is C25H27N5O. The molecule has 2 aromatic carbocycles. The number of aromatic nitrogens is 2. The summed E-state index contributed by atoms with van der Waals surface area (Å²) in [5, 5.41) is 12.5. The quantitative estimate of drug-likeness (QED) is 0.480. The lowest BCUT2D eigenvalue weighted by molar-refractivity contribution is 0.313. The number of benzene rings is 2. The molecule has 1 fully saturated rings. The molecule has 158 valence electrons. The number of likely N-dealkylation sites (N-methyl/N-ethyl adjacent to an activating group) is 1. The number of hydrogen-bond acceptors (Lipinski definition) is 5. The molecule has 2 N–H and O–H groups in total. The molecule has 5 rings (SSSR count). The van der Waals surface area contributed by atoms with Crippen LogP contribution in [0.1, 0.15) is 17.0 Å². The van der Waals surface area contributed by atoms with Crippen LogP contribution in [0.4, 0.5) is 11.4 Å². The largest absolute Gasteiger partial charge is 0.467 e. The molecule has 0 saturated carbocycles. The van der Waals surface area contributed by atoms with Gasteiger partial charge < -0.3 is 19.5 Å². The summed E-state index contributed by atoms with van der Waals surface area (Å²) in [7, 11) is 2.18. The number of H-pyrrole nitrogens is 1. The molecule has 4 aromatic rings. The Balaban J connectivity index is 1.49. The Morgan fingerprint density at radius 1 is 1.03 bits per heavy atom. The maximum atomic E-state index is 5.53. The van der Waals surface area contributed by atoms with Crippen LogP contribution in [0.2, 0.25) is 0 Å². The van der Waals surface area contributed by atoms with Gasteiger partial charge in [0.15, 0.2) is 0 Å². The van der Waals surface area contributed by atoms with E-state index in [0.717, 1.165) is 59.8 Å². The first-order chi connectivity index (χ1) is 15.3. The number of furan rings is 1. The smallest absolute Gasteiger partial charge is 0.122 e. The summed E-state index contributed by atoms with van der Waals surface area (Å²) < 4.78 is 5.53. The molecule has 0 atom stereocenters. The Morgan fingerprint density at radius 2 is 1.87 bits per heavy atom. The van der Waals surface area contributed by atoms with Crippen LogP contribution < -0.4 is 10.2 Å². The van der Waals surface area contributed by atoms with Gasteiger partial charge in [0, 0.05) is 31.6 Å². The molecule has 0 radical (unpaired) electrons. The number of piperazine rings is 1. The van der Waals surface area contributed by atoms with Gasteiger partial charge in [-0.05, 0) is 43.0 Å². The molecule has 1 aliphatic rings. The average molecular weight is 414 g/mol. The first-order valence-electron chi connectivity index (χ1n) is 10.7. The van der Waals surface area contributed by atoms with Crippen molar-refractivity contribution in [1.82, 2.24) is 15.1 Å². The van der Waals surface area contributed by atoms with E-state index >= 15 is 0 Å². The summed E-state index contributed by atoms with van der Waals surface area (Å²) in [6.45, 7) is 4.78. The van der Waals surface area contributed by atoms with Gasteiger partial charge in [0.1, 0.15) is 5.76 Å². The molecule has 1 saturated heterocycles. The minimum Gasteiger partial charge on any atom is -0.467 e. The lowest BCUT2D eigenvalue weighted by Gasteiger charge is -2.35. The number of nitrogens with zero attached hydrogens (tertiary/aromatic N) is 3. The first-order valence-corrected chi connectivity index (χ1v) is 10.7. The Kier molecular flexibility index (Phi) is 5.46. The van der Waals surface area contributed by atoms with Crippen LogP contribution in [0.3, 0.4) is 0 Å². The third-order valence-electron chi connectivity index (χ3n) is 5.82. The van der Waals surface area contributed by atoms with Gasteiger partial charge in [0.25, 0.3) is 0 Å². The lowest BCUT2D eigenvalue weighted by Crippen LogP contribution is -2.44. The average Bonchev–Trinajstić information content (AvgIpc) is 3.46. The van der Waals surface area contributed by atoms with Gasteiger partial charge in [-0.2, -0.15) is 5.10 Å². The Hall–Kier alpha value is -3.51. The van der Waals surface area contributed by atoms with E-state index in [2.05, 4.69) is 68.8 Å². The second-order valence-electron chi connectivity index (χ2n) is 7.99. The minimum atomic E-state index is 0.645. The zero-order chi connectivity index (χ0) is 21.0. The van der Waals surface area contributed by atoms with Crippen LogP contribution in [0.15, 0.2) is 65.3 Å². The number of anilines is 2. The summed E-state index contributed by atoms with van der Waals surface area (Å²) in [4.78, 5) is 4.82. The second kappa shape index (κ2) is 8.70. The highest BCUT2D eigenvalue weighted by Gasteiger charge is 2.19. The maximum absolute atomic E-state index is 5.53. The normalized spacial score (nSPS) is 15.2. The molecule has 0 bridgehead atoms. The van der Waals surface area contributed by atoms with E-state index in [1.807, 2.05) is 30.3 Å². The van der Waals surface area contributed by atoms with Gasteiger partial charge in [-0.25, -0.2) is 0 Å². The SMILES string of the molecule is CN1CCN(c2cc3[nH]nc(/C=C/c4ccccc4)c3cc2NCc2ccco2)CC1. The number of aromatic amines is 1. The second-order valence-corrected chi connectivity index (χ2v) is 7.99. The third-order valence-corrected chi connectivity index (χ3v) is 5.82. The van der Waals surface area contributed by atoms with Crippen molar-refractivity contribution in [3.05, 3.63) is 77.9 Å². The van der Waals surface area contributed by atoms with Gasteiger partial charge in [-0.1, -0.05) is 36.4 Å². The van der Waals surface area contributed by atoms with Crippen molar-refractivity contribution in [3.63, 3.8) is 0 Å². The third kappa shape index (κ3) is 4.34. The predicted molar refractivity (Wildman–Crippen MR) is 127 cm³/mol. The number of nitrogens with one attached hydrogen (secondary N) is 2. The number of fused-ring (bicyclic) bond motifs is 1. The summed E-state index contributed by atoms with van der Waals surface area (Å²) in [5.74, 6) is 0.917. The highest BCUT2D eigenvalue weighted by Crippen LogP contribution is 2.33. The van der Waals surface area contributed by atoms with Crippen LogP contribution >= 0.6 is 0 Å². The molecule has 0 spiro atoms. The van der Waals surface area contributed by atoms with E-state index < -0.39 is 0 Å². The monoisotopic (exact) mass is 413 g/mol. The molecule has 31 heavy (non-hydrogen) atoms. The summed E-state index contributed by atoms with van der Waals surface area (Å²) >= 11 is 0. The Morgan fingerprint density at radius 3 is 2.65 bits per heavy atom. The van der Waals surface area contributed by atoms with E-state index in [0.29, 0.717) is 6.54 Å². The van der Waals surface area contributed by atoms with Gasteiger partial charge >= 0.3 is 0 Å². The molecule has 0 amide bonds. The predicted octanol–water partition coefficient (Wildman–Crippen LogP) is 4.69. The molecule has 6 nitrogen and oxygen atoms in total. The van der Waals surface area contributed by atoms with E-state index in [1.54, 1.807) is 6.26 Å². The zero-order valence-electron chi connectivity index (χ0n) is 17.7. The van der Waals surface area contributed by atoms with E-state index in [-0.39, 0.29) is 0 Å². The van der Waals surface area contributed by atoms with Crippen LogP contribution in [0.5, 0.6) is 0 Å². The van der Waals surface area contributed by atoms with Crippen LogP contribution in [-0.2, 0) is 6.54 Å². The van der Waals surface area contributed by atoms with Crippen molar-refractivity contribution >= 4 is 34.4 Å². The molecule has 0 aliphatic carbocycles. The standard InChI is InChI=1S/C25H27N5O/c1-29-11-13-30(14-12-29)25-17-23-21(16-24(25)26-18-20-8-5-15-31-20)22(27-28-23)10-9-19-6-3-2-4-7-19/h2-10,15-17,26H,11-14,18H2,1H3,(H,27,28)/b10-9+. The van der Waals surface area contributed by atoms with Crippen LogP contribution in [0.25, 0.3) is 23.1 Å². The minimum absolute atomic E-state index is 0.645. The molecule has 0 unspecified atom stereocenters. The summed E-state index contributed by atoms with van der Waals surface area (Å²) in [6, 6.07) is 18.6. The van der Waals surface area contributed by atoms with Crippen LogP contribution in [-0.4, -0.2) is 48.3 Å². The van der Waals surface area contributed by atoms with Gasteiger partial charge in [-0.15, -0.1) is 0 Å². The van der Waals surface area contributed by atoms with Crippen LogP contribution in [0, 0.1) is 0 Å². The molecule has 6 heteroatoms. The van der Waals surface area contributed by atoms with E-state index in [9.17, 15) is 0 Å². The van der Waals surface area contributed by atoms with Crippen molar-refractivity contribution in [2.75, 3.05) is 43.4 Å². The van der Waals surface area contributed by atoms with Gasteiger partial charge in [-0.3, -0.25) is 5.10 Å². The fraction of sp³-hybridized carbons (Fsp3) is 0.240. The van der Waals surface area contributed by atoms with E-state index in [4.69, 9.17) is 4.42 Å². The molecule has 3 heterocycles. The highest BCUT2D eigenvalue weighted by atomic mass is 16.3. The van der Waals surface area contributed by atoms with Crippen molar-refractivity contribution in [2.45, 2.75) is 6.54 Å². The molecule has 1 aliphatic heterocycles. The first kappa shape index (κ1) is 19.5. The summed E-state index contributed by atoms with van der Waals surface area (Å²) in [5.41, 5.74) is 5.44. The van der Waals surface area contributed by atoms with Crippen molar-refractivity contribution < 1.29 is 4.42 Å². The van der Waals surface area contributed by atoms with E-state index in [1.165, 1.54) is 5.69 Å². The Bertz CT molecular complexity index is 1160. The lowest BCUT2D eigenvalue weighted by atomic mass is 10.1. The summed E-state index contributed by atoms with van der Waals surface area (Å²) in [6.07, 6.45) is 5.88. The topological polar surface area (TPSA) is 60.3 Å². The maximum Gasteiger partial charge on any atom is 0.122 e. The van der Waals surface area contributed by atoms with Crippen molar-refractivity contribution in [1.29, 1.82) is 0 Å². The molecular weight excluding hydrogens is 386 g/mol.